The predicted molar refractivity (Wildman–Crippen MR) is 225 cm³/mol. The summed E-state index contributed by atoms with van der Waals surface area (Å²) in [6, 6.07) is 0. The number of esters is 2. The van der Waals surface area contributed by atoms with Crippen LogP contribution in [0.1, 0.15) is 252 Å². The molecule has 6 heteroatoms. The minimum atomic E-state index is -0.0248. The molecule has 1 saturated heterocycles. The number of nitrogens with zero attached hydrogens (tertiary/aromatic N) is 1. The van der Waals surface area contributed by atoms with E-state index in [4.69, 9.17) is 9.47 Å². The summed E-state index contributed by atoms with van der Waals surface area (Å²) in [5.74, 6) is -0.00506. The molecule has 1 N–H and O–H groups in total. The summed E-state index contributed by atoms with van der Waals surface area (Å²) in [6.45, 7) is 9.45. The van der Waals surface area contributed by atoms with Crippen molar-refractivity contribution >= 4 is 11.9 Å². The van der Waals surface area contributed by atoms with E-state index in [1.807, 2.05) is 0 Å². The highest BCUT2D eigenvalue weighted by molar-refractivity contribution is 5.69. The highest BCUT2D eigenvalue weighted by Gasteiger charge is 2.37. The van der Waals surface area contributed by atoms with Gasteiger partial charge in [0.15, 0.2) is 0 Å². The summed E-state index contributed by atoms with van der Waals surface area (Å²) in [6.07, 6.45) is 42.1. The molecular weight excluding hydrogens is 659 g/mol. The molecule has 53 heavy (non-hydrogen) atoms. The summed E-state index contributed by atoms with van der Waals surface area (Å²) in [5.41, 5.74) is 0.190. The first kappa shape index (κ1) is 49.9. The molecule has 1 aliphatic heterocycles. The van der Waals surface area contributed by atoms with Gasteiger partial charge >= 0.3 is 11.9 Å². The molecule has 1 rings (SSSR count). The minimum Gasteiger partial charge on any atom is -0.466 e. The van der Waals surface area contributed by atoms with Crippen LogP contribution >= 0.6 is 0 Å². The lowest BCUT2D eigenvalue weighted by molar-refractivity contribution is -0.150. The Morgan fingerprint density at radius 2 is 1.02 bits per heavy atom. The molecule has 0 bridgehead atoms. The van der Waals surface area contributed by atoms with Crippen molar-refractivity contribution in [3.63, 3.8) is 0 Å². The van der Waals surface area contributed by atoms with Crippen molar-refractivity contribution in [2.75, 3.05) is 26.3 Å². The van der Waals surface area contributed by atoms with Crippen LogP contribution in [0.5, 0.6) is 0 Å². The van der Waals surface area contributed by atoms with Gasteiger partial charge < -0.3 is 14.6 Å². The first-order valence-corrected chi connectivity index (χ1v) is 23.7. The van der Waals surface area contributed by atoms with Crippen molar-refractivity contribution in [3.8, 4) is 0 Å². The Hall–Kier alpha value is -1.14. The van der Waals surface area contributed by atoms with Gasteiger partial charge in [-0.3, -0.25) is 14.5 Å². The smallest absolute Gasteiger partial charge is 0.306 e. The lowest BCUT2D eigenvalue weighted by atomic mass is 9.78. The third-order valence-corrected chi connectivity index (χ3v) is 12.0. The summed E-state index contributed by atoms with van der Waals surface area (Å²) < 4.78 is 11.6. The molecule has 0 aromatic carbocycles. The van der Waals surface area contributed by atoms with Gasteiger partial charge in [-0.25, -0.2) is 0 Å². The largest absolute Gasteiger partial charge is 0.466 e. The van der Waals surface area contributed by atoms with Gasteiger partial charge in [-0.1, -0.05) is 168 Å². The van der Waals surface area contributed by atoms with Crippen LogP contribution < -0.4 is 0 Å². The fourth-order valence-corrected chi connectivity index (χ4v) is 8.60. The van der Waals surface area contributed by atoms with Gasteiger partial charge in [-0.05, 0) is 77.2 Å². The van der Waals surface area contributed by atoms with Gasteiger partial charge in [0, 0.05) is 24.9 Å². The standard InChI is InChI=1S/C47H91NO5/c1-4-7-10-13-16-23-32-43-52-45(50)35-26-19-21-28-37-47(39-30-31-40-48(47)41-42-49)38-29-22-20-27-36-46(51)53-44(33-24-17-14-11-8-5-2)34-25-18-15-12-9-6-3/h44,49H,4-43H2,1-3H3. The maximum atomic E-state index is 12.9. The van der Waals surface area contributed by atoms with Gasteiger partial charge in [0.25, 0.3) is 0 Å². The number of hydrogen-bond donors (Lipinski definition) is 1. The van der Waals surface area contributed by atoms with E-state index in [1.165, 1.54) is 161 Å². The highest BCUT2D eigenvalue weighted by atomic mass is 16.5. The van der Waals surface area contributed by atoms with E-state index < -0.39 is 0 Å². The highest BCUT2D eigenvalue weighted by Crippen LogP contribution is 2.37. The molecule has 6 nitrogen and oxygen atoms in total. The molecule has 0 amide bonds. The molecule has 0 radical (unpaired) electrons. The van der Waals surface area contributed by atoms with E-state index in [0.29, 0.717) is 19.4 Å². The monoisotopic (exact) mass is 750 g/mol. The van der Waals surface area contributed by atoms with Crippen LogP contribution in [0.25, 0.3) is 0 Å². The van der Waals surface area contributed by atoms with Crippen LogP contribution in [0.3, 0.4) is 0 Å². The van der Waals surface area contributed by atoms with E-state index in [0.717, 1.165) is 70.9 Å². The molecule has 0 aromatic heterocycles. The van der Waals surface area contributed by atoms with Crippen molar-refractivity contribution in [1.29, 1.82) is 0 Å². The number of β-amino-alcohol motifs (C(OH)–C–C–N with tert-alkyl or cyclic N) is 1. The summed E-state index contributed by atoms with van der Waals surface area (Å²) in [4.78, 5) is 27.7. The number of hydrogen-bond acceptors (Lipinski definition) is 6. The lowest BCUT2D eigenvalue weighted by Gasteiger charge is -2.48. The Morgan fingerprint density at radius 1 is 0.566 bits per heavy atom. The average molecular weight is 750 g/mol. The van der Waals surface area contributed by atoms with E-state index >= 15 is 0 Å². The molecule has 1 fully saturated rings. The van der Waals surface area contributed by atoms with Crippen LogP contribution in [-0.4, -0.2) is 59.9 Å². The van der Waals surface area contributed by atoms with E-state index in [2.05, 4.69) is 25.7 Å². The number of rotatable bonds is 39. The van der Waals surface area contributed by atoms with Crippen LogP contribution in [-0.2, 0) is 19.1 Å². The molecule has 0 saturated carbocycles. The minimum absolute atomic E-state index is 0.0197. The van der Waals surface area contributed by atoms with Crippen molar-refractivity contribution in [3.05, 3.63) is 0 Å². The summed E-state index contributed by atoms with van der Waals surface area (Å²) in [5, 5.41) is 9.89. The number of carbonyl (C=O) groups is 2. The number of ether oxygens (including phenoxy) is 2. The van der Waals surface area contributed by atoms with Crippen LogP contribution in [0.2, 0.25) is 0 Å². The van der Waals surface area contributed by atoms with Crippen molar-refractivity contribution in [2.24, 2.45) is 0 Å². The zero-order valence-corrected chi connectivity index (χ0v) is 35.9. The summed E-state index contributed by atoms with van der Waals surface area (Å²) in [7, 11) is 0. The second-order valence-electron chi connectivity index (χ2n) is 16.8. The molecule has 1 unspecified atom stereocenters. The van der Waals surface area contributed by atoms with Crippen molar-refractivity contribution in [1.82, 2.24) is 4.90 Å². The first-order valence-electron chi connectivity index (χ1n) is 23.7. The van der Waals surface area contributed by atoms with Crippen LogP contribution in [0.4, 0.5) is 0 Å². The SMILES string of the molecule is CCCCCCCCCOC(=O)CCCCCCC1(CCCCCCC(=O)OC(CCCCCCCC)CCCCCCCC)CCCCN1CCO. The lowest BCUT2D eigenvalue weighted by Crippen LogP contribution is -2.52. The Balaban J connectivity index is 2.37. The van der Waals surface area contributed by atoms with Gasteiger partial charge in [0.05, 0.1) is 13.2 Å². The van der Waals surface area contributed by atoms with E-state index in [9.17, 15) is 14.7 Å². The number of piperidine rings is 1. The zero-order chi connectivity index (χ0) is 38.5. The second-order valence-corrected chi connectivity index (χ2v) is 16.8. The van der Waals surface area contributed by atoms with Crippen LogP contribution in [0.15, 0.2) is 0 Å². The molecule has 1 heterocycles. The summed E-state index contributed by atoms with van der Waals surface area (Å²) >= 11 is 0. The number of aliphatic hydroxyl groups excluding tert-OH is 1. The number of carbonyl (C=O) groups excluding carboxylic acids is 2. The number of unbranched alkanes of at least 4 members (excludes halogenated alkanes) is 22. The first-order chi connectivity index (χ1) is 26.0. The van der Waals surface area contributed by atoms with Crippen molar-refractivity contribution < 1.29 is 24.2 Å². The van der Waals surface area contributed by atoms with Gasteiger partial charge in [0.1, 0.15) is 6.10 Å². The van der Waals surface area contributed by atoms with Gasteiger partial charge in [-0.2, -0.15) is 0 Å². The molecule has 314 valence electrons. The van der Waals surface area contributed by atoms with Gasteiger partial charge in [-0.15, -0.1) is 0 Å². The normalized spacial score (nSPS) is 16.4. The predicted octanol–water partition coefficient (Wildman–Crippen LogP) is 13.6. The quantitative estimate of drug-likeness (QED) is 0.0498. The molecule has 1 atom stereocenters. The maximum Gasteiger partial charge on any atom is 0.306 e. The molecular formula is C47H91NO5. The fourth-order valence-electron chi connectivity index (χ4n) is 8.60. The number of aliphatic hydroxyl groups is 1. The molecule has 1 aliphatic rings. The average Bonchev–Trinajstić information content (AvgIpc) is 3.16. The van der Waals surface area contributed by atoms with E-state index in [-0.39, 0.29) is 30.2 Å². The van der Waals surface area contributed by atoms with Crippen molar-refractivity contribution in [2.45, 2.75) is 264 Å². The molecule has 0 aromatic rings. The Bertz CT molecular complexity index is 803. The Labute approximate surface area is 330 Å². The topological polar surface area (TPSA) is 76.1 Å². The Kier molecular flexibility index (Phi) is 34.3. The maximum absolute atomic E-state index is 12.9. The molecule has 0 aliphatic carbocycles. The van der Waals surface area contributed by atoms with E-state index in [1.54, 1.807) is 0 Å². The zero-order valence-electron chi connectivity index (χ0n) is 35.9. The Morgan fingerprint density at radius 3 is 1.55 bits per heavy atom. The second kappa shape index (κ2) is 36.5. The third-order valence-electron chi connectivity index (χ3n) is 12.0. The van der Waals surface area contributed by atoms with Gasteiger partial charge in [0.2, 0.25) is 0 Å². The fraction of sp³-hybridized carbons (Fsp3) is 0.957. The number of likely N-dealkylation sites (tertiary alicyclic amines) is 1. The third kappa shape index (κ3) is 28.0. The van der Waals surface area contributed by atoms with Crippen LogP contribution in [0, 0.1) is 0 Å². The molecule has 0 spiro atoms.